The van der Waals surface area contributed by atoms with Gasteiger partial charge in [-0.1, -0.05) is 24.0 Å². The molecule has 3 rings (SSSR count). The molecule has 19 heavy (non-hydrogen) atoms. The van der Waals surface area contributed by atoms with Gasteiger partial charge in [-0.15, -0.1) is 0 Å². The van der Waals surface area contributed by atoms with Crippen LogP contribution in [0.25, 0.3) is 0 Å². The molecule has 0 atom stereocenters. The minimum absolute atomic E-state index is 0.158. The summed E-state index contributed by atoms with van der Waals surface area (Å²) < 4.78 is 15.3. The lowest BCUT2D eigenvalue weighted by Crippen LogP contribution is -2.14. The highest BCUT2D eigenvalue weighted by atomic mass is 19.1. The fraction of sp³-hybridized carbons (Fsp3) is 0.188. The molecule has 2 aromatic rings. The molecule has 0 radical (unpaired) electrons. The van der Waals surface area contributed by atoms with Crippen LogP contribution in [-0.2, 0) is 6.54 Å². The van der Waals surface area contributed by atoms with Crippen molar-refractivity contribution in [2.24, 2.45) is 0 Å². The summed E-state index contributed by atoms with van der Waals surface area (Å²) >= 11 is 0. The molecule has 0 spiro atoms. The quantitative estimate of drug-likeness (QED) is 0.661. The Bertz CT molecular complexity index is 703. The zero-order chi connectivity index (χ0) is 13.2. The molecule has 1 aromatic carbocycles. The molecule has 1 aliphatic heterocycles. The lowest BCUT2D eigenvalue weighted by Gasteiger charge is -2.12. The highest BCUT2D eigenvalue weighted by molar-refractivity contribution is 5.95. The van der Waals surface area contributed by atoms with Gasteiger partial charge in [-0.25, -0.2) is 4.39 Å². The smallest absolute Gasteiger partial charge is 0.179 e. The second-order valence-electron chi connectivity index (χ2n) is 4.56. The van der Waals surface area contributed by atoms with Gasteiger partial charge in [-0.3, -0.25) is 4.79 Å². The Hall–Kier alpha value is -2.34. The molecule has 1 aliphatic rings. The first-order valence-electron chi connectivity index (χ1n) is 6.24. The van der Waals surface area contributed by atoms with Crippen molar-refractivity contribution < 1.29 is 9.18 Å². The summed E-state index contributed by atoms with van der Waals surface area (Å²) in [6.45, 7) is 0.850. The van der Waals surface area contributed by atoms with Gasteiger partial charge in [0, 0.05) is 24.7 Å². The van der Waals surface area contributed by atoms with Crippen LogP contribution in [0.3, 0.4) is 0 Å². The Kier molecular flexibility index (Phi) is 2.92. The van der Waals surface area contributed by atoms with E-state index in [-0.39, 0.29) is 11.6 Å². The van der Waals surface area contributed by atoms with Gasteiger partial charge < -0.3 is 4.57 Å². The number of carbonyl (C=O) groups is 1. The molecule has 0 saturated carbocycles. The third-order valence-corrected chi connectivity index (χ3v) is 3.20. The van der Waals surface area contributed by atoms with Crippen LogP contribution in [0.2, 0.25) is 0 Å². The zero-order valence-electron chi connectivity index (χ0n) is 10.3. The van der Waals surface area contributed by atoms with E-state index in [9.17, 15) is 9.18 Å². The largest absolute Gasteiger partial charge is 0.344 e. The van der Waals surface area contributed by atoms with Crippen LogP contribution in [0.15, 0.2) is 36.5 Å². The summed E-state index contributed by atoms with van der Waals surface area (Å²) in [4.78, 5) is 11.7. The number of nitrogens with zero attached hydrogens (tertiary/aromatic N) is 1. The van der Waals surface area contributed by atoms with Crippen molar-refractivity contribution in [2.75, 3.05) is 0 Å². The van der Waals surface area contributed by atoms with Crippen molar-refractivity contribution in [1.82, 2.24) is 4.57 Å². The first-order valence-corrected chi connectivity index (χ1v) is 6.24. The SMILES string of the molecule is O=C1CCCn2cc(C#Cc3ccccc3F)cc21. The van der Waals surface area contributed by atoms with Gasteiger partial charge in [0.2, 0.25) is 0 Å². The van der Waals surface area contributed by atoms with Crippen molar-refractivity contribution in [3.8, 4) is 11.8 Å². The number of benzene rings is 1. The second-order valence-corrected chi connectivity index (χ2v) is 4.56. The summed E-state index contributed by atoms with van der Waals surface area (Å²) in [7, 11) is 0. The van der Waals surface area contributed by atoms with Gasteiger partial charge in [0.1, 0.15) is 5.82 Å². The van der Waals surface area contributed by atoms with E-state index in [4.69, 9.17) is 0 Å². The highest BCUT2D eigenvalue weighted by Gasteiger charge is 2.17. The molecule has 2 heterocycles. The topological polar surface area (TPSA) is 22.0 Å². The summed E-state index contributed by atoms with van der Waals surface area (Å²) in [6.07, 6.45) is 3.34. The molecule has 0 saturated heterocycles. The number of ketones is 1. The predicted molar refractivity (Wildman–Crippen MR) is 70.4 cm³/mol. The molecular formula is C16H12FNO. The molecule has 0 unspecified atom stereocenters. The van der Waals surface area contributed by atoms with Crippen LogP contribution < -0.4 is 0 Å². The number of fused-ring (bicyclic) bond motifs is 1. The van der Waals surface area contributed by atoms with Crippen LogP contribution in [0.5, 0.6) is 0 Å². The van der Waals surface area contributed by atoms with E-state index in [0.29, 0.717) is 17.7 Å². The van der Waals surface area contributed by atoms with Crippen molar-refractivity contribution in [1.29, 1.82) is 0 Å². The molecule has 0 amide bonds. The molecule has 0 fully saturated rings. The van der Waals surface area contributed by atoms with Gasteiger partial charge in [0.25, 0.3) is 0 Å². The highest BCUT2D eigenvalue weighted by Crippen LogP contribution is 2.17. The molecule has 3 heteroatoms. The van der Waals surface area contributed by atoms with E-state index in [1.807, 2.05) is 10.8 Å². The van der Waals surface area contributed by atoms with Crippen LogP contribution in [0, 0.1) is 17.7 Å². The van der Waals surface area contributed by atoms with Crippen LogP contribution in [0.1, 0.15) is 34.5 Å². The van der Waals surface area contributed by atoms with E-state index < -0.39 is 0 Å². The Morgan fingerprint density at radius 3 is 2.84 bits per heavy atom. The van der Waals surface area contributed by atoms with Gasteiger partial charge in [0.15, 0.2) is 5.78 Å². The van der Waals surface area contributed by atoms with E-state index >= 15 is 0 Å². The van der Waals surface area contributed by atoms with Crippen molar-refractivity contribution in [2.45, 2.75) is 19.4 Å². The third-order valence-electron chi connectivity index (χ3n) is 3.20. The number of carbonyl (C=O) groups excluding carboxylic acids is 1. The molecule has 1 aromatic heterocycles. The monoisotopic (exact) mass is 253 g/mol. The summed E-state index contributed by atoms with van der Waals surface area (Å²) in [6, 6.07) is 8.20. The van der Waals surface area contributed by atoms with Gasteiger partial charge in [0.05, 0.1) is 11.3 Å². The lowest BCUT2D eigenvalue weighted by molar-refractivity contribution is 0.0955. The molecular weight excluding hydrogens is 241 g/mol. The molecule has 94 valence electrons. The van der Waals surface area contributed by atoms with E-state index in [0.717, 1.165) is 18.5 Å². The maximum absolute atomic E-state index is 13.4. The number of hydrogen-bond donors (Lipinski definition) is 0. The van der Waals surface area contributed by atoms with Crippen LogP contribution in [-0.4, -0.2) is 10.4 Å². The average Bonchev–Trinajstić information content (AvgIpc) is 2.82. The maximum atomic E-state index is 13.4. The number of hydrogen-bond acceptors (Lipinski definition) is 1. The Balaban J connectivity index is 1.93. The predicted octanol–water partition coefficient (Wildman–Crippen LogP) is 3.00. The normalized spacial score (nSPS) is 13.6. The van der Waals surface area contributed by atoms with Gasteiger partial charge >= 0.3 is 0 Å². The van der Waals surface area contributed by atoms with E-state index in [1.165, 1.54) is 6.07 Å². The average molecular weight is 253 g/mol. The Morgan fingerprint density at radius 1 is 1.21 bits per heavy atom. The van der Waals surface area contributed by atoms with E-state index in [2.05, 4.69) is 11.8 Å². The van der Waals surface area contributed by atoms with Gasteiger partial charge in [-0.05, 0) is 24.6 Å². The molecule has 0 aliphatic carbocycles. The standard InChI is InChI=1S/C16H12FNO/c17-14-5-2-1-4-13(14)8-7-12-10-15-16(19)6-3-9-18(15)11-12/h1-2,4-5,10-11H,3,6,9H2. The number of Topliss-reactive ketones (excluding diaryl/α,β-unsaturated/α-hetero) is 1. The first-order chi connectivity index (χ1) is 9.24. The third kappa shape index (κ3) is 2.30. The van der Waals surface area contributed by atoms with Crippen molar-refractivity contribution >= 4 is 5.78 Å². The Labute approximate surface area is 110 Å². The van der Waals surface area contributed by atoms with E-state index in [1.54, 1.807) is 24.3 Å². The zero-order valence-corrected chi connectivity index (χ0v) is 10.3. The number of rotatable bonds is 0. The first kappa shape index (κ1) is 11.7. The minimum atomic E-state index is -0.324. The van der Waals surface area contributed by atoms with Crippen molar-refractivity contribution in [3.63, 3.8) is 0 Å². The van der Waals surface area contributed by atoms with Crippen LogP contribution >= 0.6 is 0 Å². The number of aryl methyl sites for hydroxylation is 1. The number of halogens is 1. The van der Waals surface area contributed by atoms with Crippen LogP contribution in [0.4, 0.5) is 4.39 Å². The minimum Gasteiger partial charge on any atom is -0.344 e. The molecule has 0 N–H and O–H groups in total. The fourth-order valence-electron chi connectivity index (χ4n) is 2.24. The number of aromatic nitrogens is 1. The van der Waals surface area contributed by atoms with Crippen molar-refractivity contribution in [3.05, 3.63) is 59.2 Å². The maximum Gasteiger partial charge on any atom is 0.179 e. The van der Waals surface area contributed by atoms with Gasteiger partial charge in [-0.2, -0.15) is 0 Å². The molecule has 0 bridgehead atoms. The second kappa shape index (κ2) is 4.74. The summed E-state index contributed by atoms with van der Waals surface area (Å²) in [5.41, 5.74) is 1.84. The fourth-order valence-corrected chi connectivity index (χ4v) is 2.24. The summed E-state index contributed by atoms with van der Waals surface area (Å²) in [5.74, 6) is 5.55. The summed E-state index contributed by atoms with van der Waals surface area (Å²) in [5, 5.41) is 0. The Morgan fingerprint density at radius 2 is 2.05 bits per heavy atom. The molecule has 2 nitrogen and oxygen atoms in total. The lowest BCUT2D eigenvalue weighted by atomic mass is 10.1.